The normalized spacial score (nSPS) is 49.0. The van der Waals surface area contributed by atoms with Gasteiger partial charge in [-0.2, -0.15) is 0 Å². The summed E-state index contributed by atoms with van der Waals surface area (Å²) in [6.45, 7) is 6.65. The van der Waals surface area contributed by atoms with Crippen LogP contribution in [-0.2, 0) is 9.59 Å². The Kier molecular flexibility index (Phi) is 3.42. The van der Waals surface area contributed by atoms with Gasteiger partial charge in [0.2, 0.25) is 0 Å². The second-order valence-corrected chi connectivity index (χ2v) is 9.25. The molecule has 0 aromatic heterocycles. The first-order valence-corrected chi connectivity index (χ1v) is 9.60. The van der Waals surface area contributed by atoms with Gasteiger partial charge in [-0.15, -0.1) is 0 Å². The van der Waals surface area contributed by atoms with Gasteiger partial charge in [0.05, 0.1) is 0 Å². The number of ketones is 2. The minimum Gasteiger partial charge on any atom is -0.300 e. The lowest BCUT2D eigenvalue weighted by Crippen LogP contribution is -2.51. The Balaban J connectivity index is 1.67. The Bertz CT molecular complexity index is 589. The number of Topliss-reactive ketones (excluding diaryl/α,β-unsaturated/α-hetero) is 1. The van der Waals surface area contributed by atoms with E-state index >= 15 is 0 Å². The van der Waals surface area contributed by atoms with Gasteiger partial charge < -0.3 is 0 Å². The van der Waals surface area contributed by atoms with Crippen molar-refractivity contribution < 1.29 is 9.59 Å². The van der Waals surface area contributed by atoms with Gasteiger partial charge >= 0.3 is 0 Å². The fourth-order valence-electron chi connectivity index (χ4n) is 7.23. The van der Waals surface area contributed by atoms with Gasteiger partial charge in [-0.05, 0) is 86.5 Å². The number of fused-ring (bicyclic) bond motifs is 5. The van der Waals surface area contributed by atoms with E-state index in [0.29, 0.717) is 17.5 Å². The summed E-state index contributed by atoms with van der Waals surface area (Å²) < 4.78 is 0. The van der Waals surface area contributed by atoms with E-state index in [1.165, 1.54) is 31.3 Å². The van der Waals surface area contributed by atoms with Crippen LogP contribution >= 0.6 is 0 Å². The minimum absolute atomic E-state index is 0.245. The van der Waals surface area contributed by atoms with Crippen LogP contribution in [0.1, 0.15) is 72.1 Å². The largest absolute Gasteiger partial charge is 0.300 e. The van der Waals surface area contributed by atoms with Crippen molar-refractivity contribution in [3.63, 3.8) is 0 Å². The summed E-state index contributed by atoms with van der Waals surface area (Å²) in [5, 5.41) is 0. The molecule has 6 atom stereocenters. The molecule has 4 aliphatic rings. The van der Waals surface area contributed by atoms with Crippen LogP contribution in [-0.4, -0.2) is 11.6 Å². The first-order valence-electron chi connectivity index (χ1n) is 9.60. The summed E-state index contributed by atoms with van der Waals surface area (Å²) >= 11 is 0. The molecule has 2 heteroatoms. The molecule has 0 heterocycles. The van der Waals surface area contributed by atoms with Gasteiger partial charge in [0, 0.05) is 12.3 Å². The second kappa shape index (κ2) is 5.04. The third-order valence-corrected chi connectivity index (χ3v) is 8.45. The van der Waals surface area contributed by atoms with Crippen molar-refractivity contribution in [2.75, 3.05) is 0 Å². The van der Waals surface area contributed by atoms with Crippen LogP contribution < -0.4 is 0 Å². The maximum atomic E-state index is 12.1. The molecule has 3 saturated carbocycles. The Morgan fingerprint density at radius 2 is 1.83 bits per heavy atom. The van der Waals surface area contributed by atoms with Crippen molar-refractivity contribution in [3.8, 4) is 0 Å². The highest BCUT2D eigenvalue weighted by molar-refractivity contribution is 5.91. The zero-order valence-corrected chi connectivity index (χ0v) is 14.9. The zero-order valence-electron chi connectivity index (χ0n) is 14.9. The Labute approximate surface area is 140 Å². The highest BCUT2D eigenvalue weighted by atomic mass is 16.1. The van der Waals surface area contributed by atoms with Crippen LogP contribution in [0.25, 0.3) is 0 Å². The number of hydrogen-bond acceptors (Lipinski definition) is 2. The van der Waals surface area contributed by atoms with Crippen molar-refractivity contribution >= 4 is 11.6 Å². The second-order valence-electron chi connectivity index (χ2n) is 9.25. The van der Waals surface area contributed by atoms with Crippen molar-refractivity contribution in [3.05, 3.63) is 11.6 Å². The van der Waals surface area contributed by atoms with E-state index in [1.807, 2.05) is 6.08 Å². The van der Waals surface area contributed by atoms with Crippen LogP contribution in [0.3, 0.4) is 0 Å². The van der Waals surface area contributed by atoms with Crippen LogP contribution in [0.15, 0.2) is 11.6 Å². The van der Waals surface area contributed by atoms with E-state index in [4.69, 9.17) is 0 Å². The molecule has 4 aliphatic carbocycles. The molecule has 0 aromatic rings. The summed E-state index contributed by atoms with van der Waals surface area (Å²) in [6, 6.07) is 0. The molecule has 4 rings (SSSR count). The molecule has 0 bridgehead atoms. The van der Waals surface area contributed by atoms with Gasteiger partial charge in [-0.3, -0.25) is 9.59 Å². The zero-order chi connectivity index (χ0) is 16.4. The van der Waals surface area contributed by atoms with Crippen molar-refractivity contribution in [1.82, 2.24) is 0 Å². The third-order valence-electron chi connectivity index (χ3n) is 8.45. The molecule has 3 fully saturated rings. The number of allylic oxidation sites excluding steroid dienone is 1. The van der Waals surface area contributed by atoms with Gasteiger partial charge in [0.15, 0.2) is 5.78 Å². The highest BCUT2D eigenvalue weighted by Gasteiger charge is 2.59. The first kappa shape index (κ1) is 15.6. The summed E-state index contributed by atoms with van der Waals surface area (Å²) in [4.78, 5) is 24.0. The van der Waals surface area contributed by atoms with Crippen molar-refractivity contribution in [1.29, 1.82) is 0 Å². The highest BCUT2D eigenvalue weighted by Crippen LogP contribution is 2.66. The summed E-state index contributed by atoms with van der Waals surface area (Å²) in [5.74, 6) is 3.29. The molecule has 0 saturated heterocycles. The van der Waals surface area contributed by atoms with Crippen molar-refractivity contribution in [2.24, 2.45) is 34.5 Å². The topological polar surface area (TPSA) is 34.1 Å². The number of carbonyl (C=O) groups is 2. The number of rotatable bonds is 1. The van der Waals surface area contributed by atoms with E-state index in [0.717, 1.165) is 43.4 Å². The van der Waals surface area contributed by atoms with Gasteiger partial charge in [0.25, 0.3) is 0 Å². The summed E-state index contributed by atoms with van der Waals surface area (Å²) in [6.07, 6.45) is 10.9. The van der Waals surface area contributed by atoms with E-state index < -0.39 is 0 Å². The fraction of sp³-hybridized carbons (Fsp3) is 0.810. The maximum Gasteiger partial charge on any atom is 0.155 e. The molecule has 0 radical (unpaired) electrons. The molecule has 126 valence electrons. The quantitative estimate of drug-likeness (QED) is 0.701. The van der Waals surface area contributed by atoms with E-state index in [2.05, 4.69) is 13.8 Å². The SMILES string of the molecule is CC(=O)[C@@H]1CC[C@@H]2[C@H]3CCC4=CC(=O)CC[C@@]4(C)[C@@H]3CC[C@@]21C. The predicted molar refractivity (Wildman–Crippen MR) is 90.9 cm³/mol. The average molecular weight is 314 g/mol. The van der Waals surface area contributed by atoms with Crippen LogP contribution in [0.4, 0.5) is 0 Å². The standard InChI is InChI=1S/C21H30O2/c1-13(22)17-6-7-18-16-5-4-14-12-15(23)8-10-20(14,2)19(16)9-11-21(17,18)3/h12,16-19H,4-11H2,1-3H3/t16-,17+,18-,19-,20-,21-/m1/s1. The van der Waals surface area contributed by atoms with E-state index in [-0.39, 0.29) is 10.8 Å². The monoisotopic (exact) mass is 314 g/mol. The molecular weight excluding hydrogens is 284 g/mol. The lowest BCUT2D eigenvalue weighted by Gasteiger charge is -2.58. The van der Waals surface area contributed by atoms with E-state index in [1.54, 1.807) is 6.92 Å². The van der Waals surface area contributed by atoms with E-state index in [9.17, 15) is 9.59 Å². The molecule has 0 amide bonds. The molecular formula is C21H30O2. The van der Waals surface area contributed by atoms with Crippen LogP contribution in [0, 0.1) is 34.5 Å². The summed E-state index contributed by atoms with van der Waals surface area (Å²) in [5.41, 5.74) is 1.95. The van der Waals surface area contributed by atoms with Crippen LogP contribution in [0.2, 0.25) is 0 Å². The number of hydrogen-bond donors (Lipinski definition) is 0. The van der Waals surface area contributed by atoms with Gasteiger partial charge in [-0.25, -0.2) is 0 Å². The molecule has 0 spiro atoms. The lowest BCUT2D eigenvalue weighted by atomic mass is 9.47. The Morgan fingerprint density at radius 1 is 1.04 bits per heavy atom. The Morgan fingerprint density at radius 3 is 2.57 bits per heavy atom. The Hall–Kier alpha value is -0.920. The number of carbonyl (C=O) groups excluding carboxylic acids is 2. The van der Waals surface area contributed by atoms with Gasteiger partial charge in [-0.1, -0.05) is 19.4 Å². The van der Waals surface area contributed by atoms with Crippen LogP contribution in [0.5, 0.6) is 0 Å². The maximum absolute atomic E-state index is 12.1. The molecule has 0 N–H and O–H groups in total. The van der Waals surface area contributed by atoms with Gasteiger partial charge in [0.1, 0.15) is 5.78 Å². The smallest absolute Gasteiger partial charge is 0.155 e. The lowest BCUT2D eigenvalue weighted by molar-refractivity contribution is -0.128. The molecule has 2 nitrogen and oxygen atoms in total. The molecule has 0 aliphatic heterocycles. The average Bonchev–Trinajstić information content (AvgIpc) is 2.85. The summed E-state index contributed by atoms with van der Waals surface area (Å²) in [7, 11) is 0. The minimum atomic E-state index is 0.245. The molecule has 0 unspecified atom stereocenters. The molecule has 0 aromatic carbocycles. The predicted octanol–water partition coefficient (Wildman–Crippen LogP) is 4.72. The fourth-order valence-corrected chi connectivity index (χ4v) is 7.23. The van der Waals surface area contributed by atoms with Crippen molar-refractivity contribution in [2.45, 2.75) is 72.1 Å². The first-order chi connectivity index (χ1) is 10.9. The third kappa shape index (κ3) is 2.06. The molecule has 23 heavy (non-hydrogen) atoms.